The number of nitrogens with one attached hydrogen (secondary N) is 1. The van der Waals surface area contributed by atoms with Crippen molar-refractivity contribution in [3.8, 4) is 11.3 Å². The predicted molar refractivity (Wildman–Crippen MR) is 204 cm³/mol. The lowest BCUT2D eigenvalue weighted by molar-refractivity contribution is -0.114. The van der Waals surface area contributed by atoms with E-state index in [1.54, 1.807) is 24.7 Å². The van der Waals surface area contributed by atoms with Gasteiger partial charge in [-0.2, -0.15) is 19.6 Å². The number of ketones is 1. The monoisotopic (exact) mass is 709 g/mol. The number of carbonyl (C=O) groups is 1. The Labute approximate surface area is 300 Å². The van der Waals surface area contributed by atoms with Gasteiger partial charge in [-0.15, -0.1) is 0 Å². The molecule has 1 fully saturated rings. The van der Waals surface area contributed by atoms with E-state index in [4.69, 9.17) is 15.0 Å². The summed E-state index contributed by atoms with van der Waals surface area (Å²) < 4.78 is 28.7. The van der Waals surface area contributed by atoms with Gasteiger partial charge >= 0.3 is 0 Å². The highest BCUT2D eigenvalue weighted by Crippen LogP contribution is 2.31. The zero-order valence-corrected chi connectivity index (χ0v) is 31.1. The molecule has 0 radical (unpaired) electrons. The summed E-state index contributed by atoms with van der Waals surface area (Å²) in [7, 11) is 3.79. The normalized spacial score (nSPS) is 14.6. The molecule has 6 rings (SSSR count). The van der Waals surface area contributed by atoms with Gasteiger partial charge in [-0.3, -0.25) is 9.78 Å². The van der Waals surface area contributed by atoms with Crippen molar-refractivity contribution < 1.29 is 13.2 Å². The number of allylic oxidation sites excluding steroid dienone is 1. The lowest BCUT2D eigenvalue weighted by Gasteiger charge is -2.33. The smallest absolute Gasteiger partial charge is 0.230 e. The van der Waals surface area contributed by atoms with Crippen molar-refractivity contribution in [3.63, 3.8) is 0 Å². The fourth-order valence-electron chi connectivity index (χ4n) is 6.49. The van der Waals surface area contributed by atoms with Crippen molar-refractivity contribution in [1.82, 2.24) is 33.8 Å². The summed E-state index contributed by atoms with van der Waals surface area (Å²) in [5.41, 5.74) is 5.58. The maximum absolute atomic E-state index is 12.8. The molecule has 0 saturated carbocycles. The highest BCUT2D eigenvalue weighted by Gasteiger charge is 2.32. The van der Waals surface area contributed by atoms with E-state index in [9.17, 15) is 13.2 Å². The van der Waals surface area contributed by atoms with E-state index in [1.165, 1.54) is 4.31 Å². The molecular formula is C38H47N9O3S. The molecule has 13 heteroatoms. The minimum Gasteiger partial charge on any atom is -0.350 e. The van der Waals surface area contributed by atoms with Crippen LogP contribution in [0.3, 0.4) is 0 Å². The van der Waals surface area contributed by atoms with Crippen LogP contribution < -0.4 is 10.2 Å². The molecule has 3 aromatic heterocycles. The molecule has 0 aliphatic carbocycles. The Balaban J connectivity index is 1.27. The molecule has 1 N–H and O–H groups in total. The van der Waals surface area contributed by atoms with Gasteiger partial charge in [0.15, 0.2) is 11.4 Å². The van der Waals surface area contributed by atoms with Crippen molar-refractivity contribution in [2.45, 2.75) is 50.8 Å². The summed E-state index contributed by atoms with van der Waals surface area (Å²) in [6, 6.07) is 16.3. The second-order valence-electron chi connectivity index (χ2n) is 13.9. The number of nitrogens with zero attached hydrogens (tertiary/aromatic N) is 8. The van der Waals surface area contributed by atoms with Crippen LogP contribution in [0.1, 0.15) is 49.3 Å². The van der Waals surface area contributed by atoms with Crippen molar-refractivity contribution >= 4 is 44.1 Å². The minimum absolute atomic E-state index is 0.0725. The third-order valence-corrected chi connectivity index (χ3v) is 11.7. The van der Waals surface area contributed by atoms with Crippen LogP contribution in [-0.4, -0.2) is 101 Å². The fraction of sp³-hybridized carbons (Fsp3) is 0.395. The van der Waals surface area contributed by atoms with E-state index < -0.39 is 15.3 Å². The Bertz CT molecular complexity index is 2170. The molecule has 0 bridgehead atoms. The van der Waals surface area contributed by atoms with Gasteiger partial charge in [0.2, 0.25) is 21.9 Å². The van der Waals surface area contributed by atoms with Crippen LogP contribution in [0.2, 0.25) is 0 Å². The molecule has 51 heavy (non-hydrogen) atoms. The SMILES string of the molecule is CC(C)c1cnn2c(NCc3ccccc3-c3nccc4cc(CC(=O)/C=C/CN(C)C)ccc34)nc(N3CCC(S(=O)(=O)N(C)C)CC3)nc12. The summed E-state index contributed by atoms with van der Waals surface area (Å²) in [6.07, 6.45) is 8.56. The first kappa shape index (κ1) is 36.1. The van der Waals surface area contributed by atoms with Gasteiger partial charge in [0, 0.05) is 69.4 Å². The number of pyridine rings is 1. The number of hydrogen-bond acceptors (Lipinski definition) is 10. The van der Waals surface area contributed by atoms with Gasteiger partial charge in [0.1, 0.15) is 0 Å². The zero-order chi connectivity index (χ0) is 36.3. The van der Waals surface area contributed by atoms with E-state index in [0.717, 1.165) is 50.9 Å². The number of fused-ring (bicyclic) bond motifs is 2. The molecular weight excluding hydrogens is 663 g/mol. The standard InChI is InChI=1S/C38H47N9O3S/c1-26(2)34-25-41-47-36(34)42-38(46-20-16-31(17-21-46)51(49,50)45(5)6)43-37(47)40-24-29-10-7-8-12-32(29)35-33-14-13-27(22-28(33)15-18-39-35)23-30(48)11-9-19-44(3)4/h7-15,18,22,25-26,31H,16-17,19-21,23-24H2,1-6H3,(H,40,42,43)/b11-9+. The van der Waals surface area contributed by atoms with Crippen LogP contribution in [0.4, 0.5) is 11.9 Å². The van der Waals surface area contributed by atoms with E-state index in [-0.39, 0.29) is 11.7 Å². The maximum atomic E-state index is 12.8. The van der Waals surface area contributed by atoms with Gasteiger partial charge < -0.3 is 15.1 Å². The minimum atomic E-state index is -3.33. The van der Waals surface area contributed by atoms with Gasteiger partial charge in [-0.05, 0) is 61.5 Å². The average molecular weight is 710 g/mol. The lowest BCUT2D eigenvalue weighted by atomic mass is 9.97. The third kappa shape index (κ3) is 7.95. The Morgan fingerprint density at radius 2 is 1.80 bits per heavy atom. The Morgan fingerprint density at radius 3 is 2.53 bits per heavy atom. The van der Waals surface area contributed by atoms with Gasteiger partial charge in [-0.1, -0.05) is 62.4 Å². The second kappa shape index (κ2) is 15.3. The van der Waals surface area contributed by atoms with Crippen LogP contribution in [0.25, 0.3) is 27.7 Å². The number of likely N-dealkylation sites (N-methyl/N-ethyl adjacent to an activating group) is 1. The summed E-state index contributed by atoms with van der Waals surface area (Å²) in [6.45, 7) is 6.48. The number of carbonyl (C=O) groups excluding carboxylic acids is 1. The third-order valence-electron chi connectivity index (χ3n) is 9.35. The first-order chi connectivity index (χ1) is 24.4. The van der Waals surface area contributed by atoms with Gasteiger partial charge in [0.25, 0.3) is 0 Å². The average Bonchev–Trinajstić information content (AvgIpc) is 3.55. The Hall–Kier alpha value is -4.72. The van der Waals surface area contributed by atoms with Gasteiger partial charge in [-0.25, -0.2) is 12.7 Å². The molecule has 5 aromatic rings. The molecule has 1 aliphatic rings. The van der Waals surface area contributed by atoms with E-state index in [0.29, 0.717) is 50.8 Å². The topological polar surface area (TPSA) is 129 Å². The van der Waals surface area contributed by atoms with Crippen LogP contribution in [-0.2, 0) is 27.8 Å². The highest BCUT2D eigenvalue weighted by molar-refractivity contribution is 7.89. The molecule has 2 aromatic carbocycles. The number of rotatable bonds is 13. The summed E-state index contributed by atoms with van der Waals surface area (Å²) in [4.78, 5) is 31.4. The number of benzene rings is 2. The van der Waals surface area contributed by atoms with Crippen LogP contribution in [0.5, 0.6) is 0 Å². The number of sulfonamides is 1. The summed E-state index contributed by atoms with van der Waals surface area (Å²) in [5, 5.41) is 9.80. The number of anilines is 2. The van der Waals surface area contributed by atoms with E-state index in [2.05, 4.69) is 53.4 Å². The van der Waals surface area contributed by atoms with Crippen molar-refractivity contribution in [3.05, 3.63) is 89.8 Å². The van der Waals surface area contributed by atoms with E-state index in [1.807, 2.05) is 61.7 Å². The second-order valence-corrected chi connectivity index (χ2v) is 16.3. The largest absolute Gasteiger partial charge is 0.350 e. The molecule has 4 heterocycles. The molecule has 12 nitrogen and oxygen atoms in total. The van der Waals surface area contributed by atoms with Gasteiger partial charge in [0.05, 0.1) is 17.1 Å². The summed E-state index contributed by atoms with van der Waals surface area (Å²) >= 11 is 0. The zero-order valence-electron chi connectivity index (χ0n) is 30.2. The molecule has 268 valence electrons. The maximum Gasteiger partial charge on any atom is 0.230 e. The highest BCUT2D eigenvalue weighted by atomic mass is 32.2. The number of hydrogen-bond donors (Lipinski definition) is 1. The van der Waals surface area contributed by atoms with Crippen LogP contribution in [0.15, 0.2) is 73.1 Å². The molecule has 0 spiro atoms. The van der Waals surface area contributed by atoms with Crippen molar-refractivity contribution in [2.24, 2.45) is 0 Å². The fourth-order valence-corrected chi connectivity index (χ4v) is 7.89. The Morgan fingerprint density at radius 1 is 1.04 bits per heavy atom. The number of aromatic nitrogens is 5. The predicted octanol–water partition coefficient (Wildman–Crippen LogP) is 5.16. The van der Waals surface area contributed by atoms with Crippen molar-refractivity contribution in [2.75, 3.05) is 58.0 Å². The quantitative estimate of drug-likeness (QED) is 0.164. The van der Waals surface area contributed by atoms with Crippen LogP contribution in [0, 0.1) is 0 Å². The first-order valence-corrected chi connectivity index (χ1v) is 18.9. The molecule has 1 saturated heterocycles. The molecule has 0 atom stereocenters. The molecule has 1 aliphatic heterocycles. The lowest BCUT2D eigenvalue weighted by Crippen LogP contribution is -2.43. The first-order valence-electron chi connectivity index (χ1n) is 17.4. The molecule has 0 unspecified atom stereocenters. The van der Waals surface area contributed by atoms with Crippen molar-refractivity contribution in [1.29, 1.82) is 0 Å². The molecule has 0 amide bonds. The van der Waals surface area contributed by atoms with Crippen LogP contribution >= 0.6 is 0 Å². The number of piperidine rings is 1. The van der Waals surface area contributed by atoms with E-state index >= 15 is 0 Å². The Kier molecular flexibility index (Phi) is 10.8. The summed E-state index contributed by atoms with van der Waals surface area (Å²) in [5.74, 6) is 1.38.